The summed E-state index contributed by atoms with van der Waals surface area (Å²) in [5.74, 6) is -0.390. The summed E-state index contributed by atoms with van der Waals surface area (Å²) in [6, 6.07) is 0. The van der Waals surface area contributed by atoms with Crippen molar-refractivity contribution in [3.05, 3.63) is 0 Å². The molecule has 4 heteroatoms. The van der Waals surface area contributed by atoms with E-state index in [1.54, 1.807) is 6.92 Å². The van der Waals surface area contributed by atoms with Gasteiger partial charge in [-0.15, -0.1) is 0 Å². The second-order valence-electron chi connectivity index (χ2n) is 5.90. The highest BCUT2D eigenvalue weighted by molar-refractivity contribution is 6.04. The highest BCUT2D eigenvalue weighted by atomic mass is 16.5. The molecule has 1 heterocycles. The summed E-state index contributed by atoms with van der Waals surface area (Å²) < 4.78 is 10.5. The van der Waals surface area contributed by atoms with Crippen LogP contribution in [0.2, 0.25) is 0 Å². The highest BCUT2D eigenvalue weighted by Gasteiger charge is 2.48. The molecule has 0 saturated carbocycles. The van der Waals surface area contributed by atoms with Gasteiger partial charge >= 0.3 is 5.97 Å². The van der Waals surface area contributed by atoms with E-state index in [1.165, 1.54) is 32.1 Å². The molecule has 1 saturated heterocycles. The van der Waals surface area contributed by atoms with Gasteiger partial charge in [-0.2, -0.15) is 0 Å². The normalized spacial score (nSPS) is 22.3. The number of Topliss-reactive ketones (excluding diaryl/α,β-unsaturated/α-hetero) is 1. The smallest absolute Gasteiger partial charge is 0.322 e. The lowest BCUT2D eigenvalue weighted by Crippen LogP contribution is -2.48. The monoisotopic (exact) mass is 298 g/mol. The van der Waals surface area contributed by atoms with Gasteiger partial charge in [0.05, 0.1) is 19.8 Å². The number of hydrogen-bond acceptors (Lipinski definition) is 4. The molecule has 0 N–H and O–H groups in total. The van der Waals surface area contributed by atoms with Crippen LogP contribution in [0.15, 0.2) is 0 Å². The van der Waals surface area contributed by atoms with E-state index in [0.717, 1.165) is 12.8 Å². The van der Waals surface area contributed by atoms with Crippen LogP contribution < -0.4 is 0 Å². The number of ether oxygens (including phenoxy) is 2. The van der Waals surface area contributed by atoms with Gasteiger partial charge in [0.2, 0.25) is 0 Å². The number of rotatable bonds is 10. The van der Waals surface area contributed by atoms with Crippen molar-refractivity contribution in [1.82, 2.24) is 0 Å². The van der Waals surface area contributed by atoms with Gasteiger partial charge in [-0.1, -0.05) is 51.9 Å². The summed E-state index contributed by atoms with van der Waals surface area (Å²) in [5, 5.41) is 0. The van der Waals surface area contributed by atoms with E-state index < -0.39 is 5.41 Å². The maximum absolute atomic E-state index is 12.3. The lowest BCUT2D eigenvalue weighted by atomic mass is 9.77. The van der Waals surface area contributed by atoms with Crippen molar-refractivity contribution >= 4 is 11.8 Å². The van der Waals surface area contributed by atoms with Gasteiger partial charge in [-0.25, -0.2) is 0 Å². The number of carbonyl (C=O) groups excluding carboxylic acids is 2. The molecule has 1 fully saturated rings. The Balaban J connectivity index is 2.43. The van der Waals surface area contributed by atoms with Crippen LogP contribution in [0.3, 0.4) is 0 Å². The lowest BCUT2D eigenvalue weighted by molar-refractivity contribution is -0.169. The Morgan fingerprint density at radius 3 is 2.43 bits per heavy atom. The fourth-order valence-corrected chi connectivity index (χ4v) is 2.87. The van der Waals surface area contributed by atoms with Crippen LogP contribution in [-0.4, -0.2) is 31.6 Å². The van der Waals surface area contributed by atoms with Gasteiger partial charge in [-0.3, -0.25) is 9.59 Å². The Kier molecular flexibility index (Phi) is 8.58. The quantitative estimate of drug-likeness (QED) is 0.351. The van der Waals surface area contributed by atoms with Gasteiger partial charge in [-0.05, 0) is 13.3 Å². The van der Waals surface area contributed by atoms with E-state index in [1.807, 2.05) is 0 Å². The van der Waals surface area contributed by atoms with Crippen LogP contribution in [0, 0.1) is 5.41 Å². The van der Waals surface area contributed by atoms with Crippen molar-refractivity contribution in [2.75, 3.05) is 19.8 Å². The molecule has 122 valence electrons. The molecule has 0 bridgehead atoms. The predicted octanol–water partition coefficient (Wildman–Crippen LogP) is 3.67. The average molecular weight is 298 g/mol. The van der Waals surface area contributed by atoms with Crippen LogP contribution >= 0.6 is 0 Å². The molecule has 1 aliphatic rings. The Labute approximate surface area is 128 Å². The molecule has 0 amide bonds. The molecule has 0 aliphatic carbocycles. The van der Waals surface area contributed by atoms with Crippen LogP contribution in [-0.2, 0) is 19.1 Å². The van der Waals surface area contributed by atoms with Crippen LogP contribution in [0.1, 0.15) is 71.6 Å². The maximum atomic E-state index is 12.3. The minimum atomic E-state index is -1.03. The first-order valence-corrected chi connectivity index (χ1v) is 8.45. The van der Waals surface area contributed by atoms with Gasteiger partial charge in [0.15, 0.2) is 5.78 Å². The minimum absolute atomic E-state index is 0.00168. The van der Waals surface area contributed by atoms with Gasteiger partial charge < -0.3 is 9.47 Å². The minimum Gasteiger partial charge on any atom is -0.465 e. The van der Waals surface area contributed by atoms with Crippen molar-refractivity contribution in [2.24, 2.45) is 5.41 Å². The van der Waals surface area contributed by atoms with Gasteiger partial charge in [0.1, 0.15) is 5.41 Å². The molecule has 1 aliphatic heterocycles. The molecule has 0 aromatic heterocycles. The van der Waals surface area contributed by atoms with E-state index in [-0.39, 0.29) is 18.4 Å². The fraction of sp³-hybridized carbons (Fsp3) is 0.882. The van der Waals surface area contributed by atoms with E-state index in [2.05, 4.69) is 6.92 Å². The molecule has 0 aromatic rings. The molecule has 0 aromatic carbocycles. The molecule has 4 nitrogen and oxygen atoms in total. The summed E-state index contributed by atoms with van der Waals surface area (Å²) in [7, 11) is 0. The van der Waals surface area contributed by atoms with Gasteiger partial charge in [0.25, 0.3) is 0 Å². The van der Waals surface area contributed by atoms with Crippen molar-refractivity contribution in [3.8, 4) is 0 Å². The van der Waals surface area contributed by atoms with E-state index >= 15 is 0 Å². The van der Waals surface area contributed by atoms with Crippen LogP contribution in [0.4, 0.5) is 0 Å². The molecular formula is C17H30O4. The first-order chi connectivity index (χ1) is 10.2. The number of hydrogen-bond donors (Lipinski definition) is 0. The zero-order valence-electron chi connectivity index (χ0n) is 13.6. The van der Waals surface area contributed by atoms with Crippen LogP contribution in [0.5, 0.6) is 0 Å². The first kappa shape index (κ1) is 18.1. The van der Waals surface area contributed by atoms with E-state index in [4.69, 9.17) is 9.47 Å². The molecular weight excluding hydrogens is 268 g/mol. The summed E-state index contributed by atoms with van der Waals surface area (Å²) in [5.41, 5.74) is -1.03. The summed E-state index contributed by atoms with van der Waals surface area (Å²) in [4.78, 5) is 24.5. The summed E-state index contributed by atoms with van der Waals surface area (Å²) in [6.45, 7) is 4.91. The van der Waals surface area contributed by atoms with Gasteiger partial charge in [0, 0.05) is 6.42 Å². The summed E-state index contributed by atoms with van der Waals surface area (Å²) in [6.07, 6.45) is 9.09. The Hall–Kier alpha value is -0.900. The highest BCUT2D eigenvalue weighted by Crippen LogP contribution is 2.33. The fourth-order valence-electron chi connectivity index (χ4n) is 2.87. The third-order valence-corrected chi connectivity index (χ3v) is 4.23. The standard InChI is InChI=1S/C17H30O4/c1-3-5-6-7-8-9-10-12-17(16(19)21-4-2)14-20-13-11-15(17)18/h3-14H2,1-2H3. The summed E-state index contributed by atoms with van der Waals surface area (Å²) >= 11 is 0. The van der Waals surface area contributed by atoms with Crippen molar-refractivity contribution in [2.45, 2.75) is 71.6 Å². The Morgan fingerprint density at radius 1 is 1.14 bits per heavy atom. The maximum Gasteiger partial charge on any atom is 0.322 e. The molecule has 0 spiro atoms. The van der Waals surface area contributed by atoms with Crippen molar-refractivity contribution in [3.63, 3.8) is 0 Å². The third-order valence-electron chi connectivity index (χ3n) is 4.23. The number of unbranched alkanes of at least 4 members (excludes halogenated alkanes) is 6. The Bertz CT molecular complexity index is 327. The van der Waals surface area contributed by atoms with E-state index in [0.29, 0.717) is 26.1 Å². The van der Waals surface area contributed by atoms with E-state index in [9.17, 15) is 9.59 Å². The zero-order valence-corrected chi connectivity index (χ0v) is 13.6. The molecule has 1 atom stereocenters. The number of carbonyl (C=O) groups is 2. The number of ketones is 1. The molecule has 21 heavy (non-hydrogen) atoms. The number of esters is 1. The second kappa shape index (κ2) is 9.93. The third kappa shape index (κ3) is 5.42. The lowest BCUT2D eigenvalue weighted by Gasteiger charge is -2.33. The Morgan fingerprint density at radius 2 is 1.81 bits per heavy atom. The topological polar surface area (TPSA) is 52.6 Å². The van der Waals surface area contributed by atoms with Crippen LogP contribution in [0.25, 0.3) is 0 Å². The first-order valence-electron chi connectivity index (χ1n) is 8.45. The van der Waals surface area contributed by atoms with Crippen molar-refractivity contribution in [1.29, 1.82) is 0 Å². The largest absolute Gasteiger partial charge is 0.465 e. The molecule has 1 rings (SSSR count). The molecule has 1 unspecified atom stereocenters. The zero-order chi connectivity index (χ0) is 15.6. The van der Waals surface area contributed by atoms with Crippen molar-refractivity contribution < 1.29 is 19.1 Å². The predicted molar refractivity (Wildman–Crippen MR) is 82.1 cm³/mol. The second-order valence-corrected chi connectivity index (χ2v) is 5.90. The SMILES string of the molecule is CCCCCCCCCC1(C(=O)OCC)COCCC1=O. The average Bonchev–Trinajstić information content (AvgIpc) is 2.48. The molecule has 0 radical (unpaired) electrons.